The van der Waals surface area contributed by atoms with Crippen LogP contribution >= 0.6 is 0 Å². The van der Waals surface area contributed by atoms with E-state index < -0.39 is 5.60 Å². The minimum atomic E-state index is -0.483. The molecule has 35 heavy (non-hydrogen) atoms. The third-order valence-corrected chi connectivity index (χ3v) is 5.99. The molecule has 0 radical (unpaired) electrons. The van der Waals surface area contributed by atoms with E-state index in [1.165, 1.54) is 0 Å². The second kappa shape index (κ2) is 9.94. The maximum Gasteiger partial charge on any atom is 0.306 e. The zero-order valence-corrected chi connectivity index (χ0v) is 21.1. The Kier molecular flexibility index (Phi) is 6.96. The van der Waals surface area contributed by atoms with E-state index >= 15 is 0 Å². The summed E-state index contributed by atoms with van der Waals surface area (Å²) >= 11 is 0. The van der Waals surface area contributed by atoms with Gasteiger partial charge in [-0.3, -0.25) is 14.3 Å². The summed E-state index contributed by atoms with van der Waals surface area (Å²) in [5, 5.41) is 4.40. The summed E-state index contributed by atoms with van der Waals surface area (Å²) in [6, 6.07) is 13.5. The molecule has 0 N–H and O–H groups in total. The zero-order chi connectivity index (χ0) is 25.2. The smallest absolute Gasteiger partial charge is 0.306 e. The molecule has 0 fully saturated rings. The molecule has 0 atom stereocenters. The van der Waals surface area contributed by atoms with Gasteiger partial charge in [0, 0.05) is 42.4 Å². The molecule has 0 spiro atoms. The molecule has 184 valence electrons. The summed E-state index contributed by atoms with van der Waals surface area (Å²) < 4.78 is 13.1. The highest BCUT2D eigenvalue weighted by Gasteiger charge is 2.27. The van der Waals surface area contributed by atoms with Crippen molar-refractivity contribution in [3.05, 3.63) is 76.6 Å². The van der Waals surface area contributed by atoms with Gasteiger partial charge < -0.3 is 14.4 Å². The third kappa shape index (κ3) is 5.73. The lowest BCUT2D eigenvalue weighted by atomic mass is 10.1. The van der Waals surface area contributed by atoms with Crippen LogP contribution < -0.4 is 9.64 Å². The molecule has 1 amide bonds. The Morgan fingerprint density at radius 3 is 2.60 bits per heavy atom. The van der Waals surface area contributed by atoms with E-state index in [4.69, 9.17) is 9.47 Å². The molecule has 0 bridgehead atoms. The quantitative estimate of drug-likeness (QED) is 0.371. The predicted octanol–water partition coefficient (Wildman–Crippen LogP) is 4.98. The van der Waals surface area contributed by atoms with E-state index in [0.29, 0.717) is 37.3 Å². The summed E-state index contributed by atoms with van der Waals surface area (Å²) in [5.74, 6) is 0.415. The van der Waals surface area contributed by atoms with Crippen molar-refractivity contribution in [2.75, 3.05) is 11.5 Å². The number of esters is 1. The van der Waals surface area contributed by atoms with Gasteiger partial charge in [-0.15, -0.1) is 0 Å². The number of carbonyl (C=O) groups excluding carboxylic acids is 2. The van der Waals surface area contributed by atoms with Crippen LogP contribution in [0.4, 0.5) is 5.69 Å². The standard InChI is InChI=1S/C28H33N3O4/c1-19-15-21(12-13-25(19)34-14-8-11-26(32)35-28(2,3)4)27(33)31-18-22-17-29-30(5)24(22)16-20-9-6-7-10-23(20)31/h6-7,9-10,12-13,15,17H,8,11,14,16,18H2,1-5H3. The first-order chi connectivity index (χ1) is 16.6. The molecular formula is C28H33N3O4. The molecular weight excluding hydrogens is 442 g/mol. The lowest BCUT2D eigenvalue weighted by molar-refractivity contribution is -0.155. The number of aromatic nitrogens is 2. The highest BCUT2D eigenvalue weighted by Crippen LogP contribution is 2.32. The first kappa shape index (κ1) is 24.5. The number of aryl methyl sites for hydroxylation is 2. The topological polar surface area (TPSA) is 73.7 Å². The van der Waals surface area contributed by atoms with Crippen molar-refractivity contribution in [3.63, 3.8) is 0 Å². The van der Waals surface area contributed by atoms with Gasteiger partial charge in [0.1, 0.15) is 11.4 Å². The molecule has 1 aliphatic rings. The average molecular weight is 476 g/mol. The van der Waals surface area contributed by atoms with Crippen LogP contribution in [0.5, 0.6) is 5.75 Å². The third-order valence-electron chi connectivity index (χ3n) is 5.99. The monoisotopic (exact) mass is 475 g/mol. The number of rotatable bonds is 6. The number of ether oxygens (including phenoxy) is 2. The summed E-state index contributed by atoms with van der Waals surface area (Å²) in [6.45, 7) is 8.36. The number of hydrogen-bond acceptors (Lipinski definition) is 5. The van der Waals surface area contributed by atoms with Crippen LogP contribution in [0.25, 0.3) is 0 Å². The number of hydrogen-bond donors (Lipinski definition) is 0. The molecule has 0 aliphatic carbocycles. The molecule has 1 aromatic heterocycles. The SMILES string of the molecule is Cc1cc(C(=O)N2Cc3cnn(C)c3Cc3ccccc32)ccc1OCCCC(=O)OC(C)(C)C. The predicted molar refractivity (Wildman–Crippen MR) is 135 cm³/mol. The number of anilines is 1. The van der Waals surface area contributed by atoms with Crippen molar-refractivity contribution in [1.82, 2.24) is 9.78 Å². The molecule has 2 aromatic carbocycles. The van der Waals surface area contributed by atoms with E-state index in [1.54, 1.807) is 6.07 Å². The molecule has 7 nitrogen and oxygen atoms in total. The fourth-order valence-electron chi connectivity index (χ4n) is 4.30. The summed E-state index contributed by atoms with van der Waals surface area (Å²) in [4.78, 5) is 27.4. The number of carbonyl (C=O) groups is 2. The summed E-state index contributed by atoms with van der Waals surface area (Å²) in [6.07, 6.45) is 3.45. The second-order valence-corrected chi connectivity index (χ2v) is 9.96. The molecule has 1 aliphatic heterocycles. The lowest BCUT2D eigenvalue weighted by Gasteiger charge is -2.23. The molecule has 0 saturated heterocycles. The largest absolute Gasteiger partial charge is 0.493 e. The lowest BCUT2D eigenvalue weighted by Crippen LogP contribution is -2.30. The van der Waals surface area contributed by atoms with Gasteiger partial charge in [-0.2, -0.15) is 5.10 Å². The van der Waals surface area contributed by atoms with E-state index in [0.717, 1.165) is 34.5 Å². The molecule has 0 unspecified atom stereocenters. The van der Waals surface area contributed by atoms with Crippen LogP contribution in [0.15, 0.2) is 48.7 Å². The first-order valence-electron chi connectivity index (χ1n) is 12.0. The van der Waals surface area contributed by atoms with Crippen molar-refractivity contribution < 1.29 is 19.1 Å². The van der Waals surface area contributed by atoms with Gasteiger partial charge in [0.05, 0.1) is 19.3 Å². The maximum atomic E-state index is 13.7. The van der Waals surface area contributed by atoms with Crippen LogP contribution in [0.2, 0.25) is 0 Å². The van der Waals surface area contributed by atoms with Crippen LogP contribution in [0.3, 0.4) is 0 Å². The Morgan fingerprint density at radius 2 is 1.86 bits per heavy atom. The van der Waals surface area contributed by atoms with Crippen LogP contribution in [-0.4, -0.2) is 33.9 Å². The Morgan fingerprint density at radius 1 is 1.09 bits per heavy atom. The first-order valence-corrected chi connectivity index (χ1v) is 12.0. The molecule has 0 saturated carbocycles. The van der Waals surface area contributed by atoms with Gasteiger partial charge in [0.2, 0.25) is 0 Å². The number of fused-ring (bicyclic) bond motifs is 2. The maximum absolute atomic E-state index is 13.7. The van der Waals surface area contributed by atoms with Crippen molar-refractivity contribution in [1.29, 1.82) is 0 Å². The molecule has 7 heteroatoms. The number of amides is 1. The van der Waals surface area contributed by atoms with E-state index in [1.807, 2.05) is 80.9 Å². The van der Waals surface area contributed by atoms with Crippen LogP contribution in [0.1, 0.15) is 66.4 Å². The van der Waals surface area contributed by atoms with Gasteiger partial charge >= 0.3 is 5.97 Å². The summed E-state index contributed by atoms with van der Waals surface area (Å²) in [7, 11) is 1.94. The number of nitrogens with zero attached hydrogens (tertiary/aromatic N) is 3. The van der Waals surface area contributed by atoms with Gasteiger partial charge in [-0.25, -0.2) is 0 Å². The normalized spacial score (nSPS) is 13.0. The highest BCUT2D eigenvalue weighted by molar-refractivity contribution is 6.06. The molecule has 2 heterocycles. The Bertz CT molecular complexity index is 1240. The van der Waals surface area contributed by atoms with E-state index in [-0.39, 0.29) is 11.9 Å². The molecule has 4 rings (SSSR count). The minimum absolute atomic E-state index is 0.0614. The van der Waals surface area contributed by atoms with E-state index in [2.05, 4.69) is 11.2 Å². The van der Waals surface area contributed by atoms with Crippen molar-refractivity contribution in [2.45, 2.75) is 59.1 Å². The Labute approximate surface area is 206 Å². The van der Waals surface area contributed by atoms with Gasteiger partial charge in [0.25, 0.3) is 5.91 Å². The van der Waals surface area contributed by atoms with Crippen LogP contribution in [-0.2, 0) is 29.5 Å². The highest BCUT2D eigenvalue weighted by atomic mass is 16.6. The van der Waals surface area contributed by atoms with Crippen molar-refractivity contribution in [3.8, 4) is 5.75 Å². The van der Waals surface area contributed by atoms with E-state index in [9.17, 15) is 9.59 Å². The zero-order valence-electron chi connectivity index (χ0n) is 21.1. The van der Waals surface area contributed by atoms with Crippen molar-refractivity contribution >= 4 is 17.6 Å². The average Bonchev–Trinajstić information content (AvgIpc) is 3.04. The van der Waals surface area contributed by atoms with Gasteiger partial charge in [-0.05, 0) is 69.5 Å². The Hall–Kier alpha value is -3.61. The second-order valence-electron chi connectivity index (χ2n) is 9.96. The number of para-hydroxylation sites is 1. The van der Waals surface area contributed by atoms with Gasteiger partial charge in [0.15, 0.2) is 0 Å². The summed E-state index contributed by atoms with van der Waals surface area (Å²) in [5.41, 5.74) is 5.20. The minimum Gasteiger partial charge on any atom is -0.493 e. The fraction of sp³-hybridized carbons (Fsp3) is 0.393. The van der Waals surface area contributed by atoms with Gasteiger partial charge in [-0.1, -0.05) is 18.2 Å². The molecule has 3 aromatic rings. The Balaban J connectivity index is 1.45. The number of benzene rings is 2. The van der Waals surface area contributed by atoms with Crippen LogP contribution in [0, 0.1) is 6.92 Å². The fourth-order valence-corrected chi connectivity index (χ4v) is 4.30. The van der Waals surface area contributed by atoms with Crippen molar-refractivity contribution in [2.24, 2.45) is 7.05 Å².